The maximum Gasteiger partial charge on any atom is 0.437 e. The summed E-state index contributed by atoms with van der Waals surface area (Å²) in [6.07, 6.45) is 0. The summed E-state index contributed by atoms with van der Waals surface area (Å²) in [5, 5.41) is 8.56. The Morgan fingerprint density at radius 3 is 2.76 bits per heavy atom. The summed E-state index contributed by atoms with van der Waals surface area (Å²) in [5.41, 5.74) is 0.664. The number of hydrogen-bond acceptors (Lipinski definition) is 5. The Morgan fingerprint density at radius 1 is 1.24 bits per heavy atom. The van der Waals surface area contributed by atoms with E-state index in [0.29, 0.717) is 5.69 Å². The first-order valence-corrected chi connectivity index (χ1v) is 7.07. The van der Waals surface area contributed by atoms with Gasteiger partial charge in [-0.3, -0.25) is 4.79 Å². The minimum Gasteiger partial charge on any atom is -0.387 e. The molecule has 0 bridgehead atoms. The SMILES string of the molecule is O=C(Cn1nc(-c2cccs2)oc1=O)Nc1ccccc1. The fourth-order valence-electron chi connectivity index (χ4n) is 1.76. The normalized spacial score (nSPS) is 10.5. The second-order valence-electron chi connectivity index (χ2n) is 4.22. The molecule has 3 aromatic rings. The molecule has 2 heterocycles. The van der Waals surface area contributed by atoms with Crippen LogP contribution in [0.1, 0.15) is 0 Å². The van der Waals surface area contributed by atoms with Gasteiger partial charge in [-0.25, -0.2) is 4.79 Å². The number of rotatable bonds is 4. The van der Waals surface area contributed by atoms with Crippen LogP contribution < -0.4 is 11.1 Å². The van der Waals surface area contributed by atoms with Gasteiger partial charge in [-0.2, -0.15) is 4.68 Å². The number of anilines is 1. The zero-order valence-corrected chi connectivity index (χ0v) is 11.7. The van der Waals surface area contributed by atoms with E-state index in [-0.39, 0.29) is 18.3 Å². The van der Waals surface area contributed by atoms with Crippen molar-refractivity contribution in [3.8, 4) is 10.8 Å². The highest BCUT2D eigenvalue weighted by Crippen LogP contribution is 2.20. The Balaban J connectivity index is 1.73. The first-order valence-electron chi connectivity index (χ1n) is 6.19. The summed E-state index contributed by atoms with van der Waals surface area (Å²) in [5.74, 6) is -0.765. The predicted molar refractivity (Wildman–Crippen MR) is 79.1 cm³/mol. The van der Waals surface area contributed by atoms with Crippen molar-refractivity contribution in [3.63, 3.8) is 0 Å². The van der Waals surface area contributed by atoms with Crippen LogP contribution in [0, 0.1) is 0 Å². The molecule has 0 unspecified atom stereocenters. The van der Waals surface area contributed by atoms with Gasteiger partial charge in [0.1, 0.15) is 6.54 Å². The lowest BCUT2D eigenvalue weighted by Crippen LogP contribution is -2.25. The highest BCUT2D eigenvalue weighted by molar-refractivity contribution is 7.13. The zero-order chi connectivity index (χ0) is 14.7. The molecule has 1 aromatic carbocycles. The molecule has 2 aromatic heterocycles. The van der Waals surface area contributed by atoms with E-state index in [9.17, 15) is 9.59 Å². The number of hydrogen-bond donors (Lipinski definition) is 1. The van der Waals surface area contributed by atoms with Gasteiger partial charge in [-0.15, -0.1) is 16.4 Å². The van der Waals surface area contributed by atoms with Crippen LogP contribution in [-0.4, -0.2) is 15.7 Å². The Bertz CT molecular complexity index is 790. The average Bonchev–Trinajstić information content (AvgIpc) is 3.10. The Kier molecular flexibility index (Phi) is 3.65. The monoisotopic (exact) mass is 301 g/mol. The molecular weight excluding hydrogens is 290 g/mol. The number of carbonyl (C=O) groups excluding carboxylic acids is 1. The van der Waals surface area contributed by atoms with Crippen LogP contribution in [0.2, 0.25) is 0 Å². The quantitative estimate of drug-likeness (QED) is 0.801. The molecule has 7 heteroatoms. The highest BCUT2D eigenvalue weighted by Gasteiger charge is 2.13. The molecule has 0 spiro atoms. The molecule has 0 saturated heterocycles. The third kappa shape index (κ3) is 3.09. The van der Waals surface area contributed by atoms with Crippen molar-refractivity contribution in [2.45, 2.75) is 6.54 Å². The molecule has 0 fully saturated rings. The van der Waals surface area contributed by atoms with Gasteiger partial charge in [0.15, 0.2) is 0 Å². The van der Waals surface area contributed by atoms with Gasteiger partial charge in [-0.05, 0) is 23.6 Å². The molecule has 1 N–H and O–H groups in total. The number of carbonyl (C=O) groups is 1. The molecule has 0 atom stereocenters. The van der Waals surface area contributed by atoms with E-state index in [1.165, 1.54) is 11.3 Å². The van der Waals surface area contributed by atoms with Crippen LogP contribution in [0.4, 0.5) is 5.69 Å². The summed E-state index contributed by atoms with van der Waals surface area (Å²) in [7, 11) is 0. The van der Waals surface area contributed by atoms with Gasteiger partial charge in [0.2, 0.25) is 5.91 Å². The van der Waals surface area contributed by atoms with E-state index in [4.69, 9.17) is 4.42 Å². The van der Waals surface area contributed by atoms with E-state index >= 15 is 0 Å². The fourth-order valence-corrected chi connectivity index (χ4v) is 2.41. The number of thiophene rings is 1. The summed E-state index contributed by atoms with van der Waals surface area (Å²) < 4.78 is 6.04. The first kappa shape index (κ1) is 13.3. The van der Waals surface area contributed by atoms with Crippen molar-refractivity contribution < 1.29 is 9.21 Å². The second kappa shape index (κ2) is 5.76. The standard InChI is InChI=1S/C14H11N3O3S/c18-12(15-10-5-2-1-3-6-10)9-17-14(19)20-13(16-17)11-7-4-8-21-11/h1-8H,9H2,(H,15,18). The number of benzene rings is 1. The molecule has 0 radical (unpaired) electrons. The van der Waals surface area contributed by atoms with Crippen molar-refractivity contribution in [2.24, 2.45) is 0 Å². The molecule has 0 aliphatic rings. The predicted octanol–water partition coefficient (Wildman–Crippen LogP) is 2.20. The highest BCUT2D eigenvalue weighted by atomic mass is 32.1. The Hall–Kier alpha value is -2.67. The molecule has 1 amide bonds. The van der Waals surface area contributed by atoms with Gasteiger partial charge >= 0.3 is 5.76 Å². The molecule has 6 nitrogen and oxygen atoms in total. The maximum atomic E-state index is 11.9. The number of amides is 1. The Labute approximate surface area is 123 Å². The van der Waals surface area contributed by atoms with E-state index in [1.54, 1.807) is 18.2 Å². The summed E-state index contributed by atoms with van der Waals surface area (Å²) >= 11 is 1.41. The zero-order valence-electron chi connectivity index (χ0n) is 10.9. The van der Waals surface area contributed by atoms with E-state index in [2.05, 4.69) is 10.4 Å². The topological polar surface area (TPSA) is 77.1 Å². The third-order valence-corrected chi connectivity index (χ3v) is 3.55. The minimum absolute atomic E-state index is 0.192. The van der Waals surface area contributed by atoms with E-state index < -0.39 is 5.76 Å². The van der Waals surface area contributed by atoms with Crippen LogP contribution >= 0.6 is 11.3 Å². The van der Waals surface area contributed by atoms with Crippen molar-refractivity contribution >= 4 is 22.9 Å². The van der Waals surface area contributed by atoms with Crippen LogP contribution in [0.15, 0.2) is 57.1 Å². The molecule has 0 aliphatic carbocycles. The van der Waals surface area contributed by atoms with E-state index in [0.717, 1.165) is 9.56 Å². The Morgan fingerprint density at radius 2 is 2.05 bits per heavy atom. The lowest BCUT2D eigenvalue weighted by molar-refractivity contribution is -0.117. The second-order valence-corrected chi connectivity index (χ2v) is 5.17. The number of para-hydroxylation sites is 1. The van der Waals surface area contributed by atoms with E-state index in [1.807, 2.05) is 29.6 Å². The average molecular weight is 301 g/mol. The molecule has 0 saturated carbocycles. The van der Waals surface area contributed by atoms with Gasteiger partial charge in [0, 0.05) is 5.69 Å². The smallest absolute Gasteiger partial charge is 0.387 e. The molecule has 106 valence electrons. The van der Waals surface area contributed by atoms with Gasteiger partial charge < -0.3 is 9.73 Å². The molecule has 3 rings (SSSR count). The minimum atomic E-state index is -0.651. The first-order chi connectivity index (χ1) is 10.2. The fraction of sp³-hybridized carbons (Fsp3) is 0.0714. The van der Waals surface area contributed by atoms with Gasteiger partial charge in [0.05, 0.1) is 4.88 Å². The summed E-state index contributed by atoms with van der Waals surface area (Å²) in [6, 6.07) is 12.6. The van der Waals surface area contributed by atoms with Crippen LogP contribution in [0.25, 0.3) is 10.8 Å². The van der Waals surface area contributed by atoms with Gasteiger partial charge in [-0.1, -0.05) is 24.3 Å². The largest absolute Gasteiger partial charge is 0.437 e. The summed E-state index contributed by atoms with van der Waals surface area (Å²) in [6.45, 7) is -0.192. The van der Waals surface area contributed by atoms with Gasteiger partial charge in [0.25, 0.3) is 5.89 Å². The maximum absolute atomic E-state index is 11.9. The molecule has 0 aliphatic heterocycles. The summed E-state index contributed by atoms with van der Waals surface area (Å²) in [4.78, 5) is 24.3. The third-order valence-electron chi connectivity index (χ3n) is 2.69. The number of nitrogens with one attached hydrogen (secondary N) is 1. The lowest BCUT2D eigenvalue weighted by atomic mass is 10.3. The van der Waals surface area contributed by atoms with Crippen LogP contribution in [-0.2, 0) is 11.3 Å². The van der Waals surface area contributed by atoms with Crippen molar-refractivity contribution in [1.82, 2.24) is 9.78 Å². The molecule has 21 heavy (non-hydrogen) atoms. The molecular formula is C14H11N3O3S. The number of aromatic nitrogens is 2. The van der Waals surface area contributed by atoms with Crippen LogP contribution in [0.5, 0.6) is 0 Å². The lowest BCUT2D eigenvalue weighted by Gasteiger charge is -2.03. The van der Waals surface area contributed by atoms with Crippen LogP contribution in [0.3, 0.4) is 0 Å². The van der Waals surface area contributed by atoms with Crippen molar-refractivity contribution in [1.29, 1.82) is 0 Å². The number of nitrogens with zero attached hydrogens (tertiary/aromatic N) is 2. The van der Waals surface area contributed by atoms with Crippen molar-refractivity contribution in [2.75, 3.05) is 5.32 Å². The van der Waals surface area contributed by atoms with Crippen molar-refractivity contribution in [3.05, 3.63) is 58.4 Å².